The van der Waals surface area contributed by atoms with Crippen molar-refractivity contribution in [2.24, 2.45) is 0 Å². The topological polar surface area (TPSA) is 90.7 Å². The highest BCUT2D eigenvalue weighted by Crippen LogP contribution is 2.38. The molecule has 0 bridgehead atoms. The number of aryl methyl sites for hydroxylation is 1. The molecule has 5 rings (SSSR count). The lowest BCUT2D eigenvalue weighted by molar-refractivity contribution is 0.171. The standard InChI is InChI=1S/C22H18N2O5S2/c1-14-4-6-15(7-5-14)23-21-22(24-20(29-21)19-3-2-12-30-19)31(25,26)16-8-9-17-18(13-16)28-11-10-27-17/h2-9,12-13,23H,10-11H2,1H3. The highest BCUT2D eigenvalue weighted by Gasteiger charge is 2.30. The monoisotopic (exact) mass is 454 g/mol. The molecule has 0 aliphatic carbocycles. The number of nitrogens with zero attached hydrogens (tertiary/aromatic N) is 1. The Bertz CT molecular complexity index is 1330. The lowest BCUT2D eigenvalue weighted by atomic mass is 10.2. The van der Waals surface area contributed by atoms with E-state index in [1.54, 1.807) is 6.07 Å². The maximum Gasteiger partial charge on any atom is 0.240 e. The Balaban J connectivity index is 1.60. The van der Waals surface area contributed by atoms with Gasteiger partial charge in [0.05, 0.1) is 9.77 Å². The molecule has 0 unspecified atom stereocenters. The van der Waals surface area contributed by atoms with Crippen molar-refractivity contribution in [1.29, 1.82) is 0 Å². The summed E-state index contributed by atoms with van der Waals surface area (Å²) in [6, 6.07) is 15.8. The van der Waals surface area contributed by atoms with Gasteiger partial charge < -0.3 is 19.2 Å². The van der Waals surface area contributed by atoms with Crippen molar-refractivity contribution in [2.75, 3.05) is 18.5 Å². The summed E-state index contributed by atoms with van der Waals surface area (Å²) in [5.74, 6) is 1.20. The number of thiophene rings is 1. The molecule has 0 spiro atoms. The Morgan fingerprint density at radius 1 is 1.00 bits per heavy atom. The molecule has 9 heteroatoms. The Morgan fingerprint density at radius 3 is 2.52 bits per heavy atom. The second-order valence-corrected chi connectivity index (χ2v) is 9.74. The van der Waals surface area contributed by atoms with E-state index in [2.05, 4.69) is 10.3 Å². The van der Waals surface area contributed by atoms with E-state index in [9.17, 15) is 8.42 Å². The highest BCUT2D eigenvalue weighted by atomic mass is 32.2. The molecule has 1 N–H and O–H groups in total. The highest BCUT2D eigenvalue weighted by molar-refractivity contribution is 7.91. The lowest BCUT2D eigenvalue weighted by Crippen LogP contribution is -2.16. The first-order chi connectivity index (χ1) is 15.0. The molecule has 0 atom stereocenters. The molecule has 0 radical (unpaired) electrons. The number of sulfone groups is 1. The molecule has 0 fully saturated rings. The molecule has 1 aliphatic heterocycles. The minimum Gasteiger partial charge on any atom is -0.486 e. The fraction of sp³-hybridized carbons (Fsp3) is 0.136. The summed E-state index contributed by atoms with van der Waals surface area (Å²) < 4.78 is 43.9. The van der Waals surface area contributed by atoms with Crippen molar-refractivity contribution in [3.8, 4) is 22.3 Å². The van der Waals surface area contributed by atoms with Crippen LogP contribution in [-0.4, -0.2) is 26.6 Å². The van der Waals surface area contributed by atoms with Crippen molar-refractivity contribution in [3.63, 3.8) is 0 Å². The summed E-state index contributed by atoms with van der Waals surface area (Å²) in [4.78, 5) is 5.13. The molecule has 0 saturated carbocycles. The SMILES string of the molecule is Cc1ccc(Nc2oc(-c3cccs3)nc2S(=O)(=O)c2ccc3c(c2)OCCO3)cc1. The van der Waals surface area contributed by atoms with Crippen LogP contribution in [0.15, 0.2) is 74.3 Å². The van der Waals surface area contributed by atoms with Crippen LogP contribution in [0.25, 0.3) is 10.8 Å². The van der Waals surface area contributed by atoms with Crippen LogP contribution in [0.3, 0.4) is 0 Å². The smallest absolute Gasteiger partial charge is 0.240 e. The minimum absolute atomic E-state index is 0.0507. The van der Waals surface area contributed by atoms with Gasteiger partial charge in [0.2, 0.25) is 26.6 Å². The summed E-state index contributed by atoms with van der Waals surface area (Å²) in [7, 11) is -4.00. The zero-order chi connectivity index (χ0) is 21.4. The van der Waals surface area contributed by atoms with Crippen LogP contribution in [0.4, 0.5) is 11.6 Å². The van der Waals surface area contributed by atoms with E-state index in [-0.39, 0.29) is 21.7 Å². The average Bonchev–Trinajstić information content (AvgIpc) is 3.45. The van der Waals surface area contributed by atoms with Gasteiger partial charge in [0, 0.05) is 11.8 Å². The van der Waals surface area contributed by atoms with E-state index in [1.165, 1.54) is 23.5 Å². The lowest BCUT2D eigenvalue weighted by Gasteiger charge is -2.18. The van der Waals surface area contributed by atoms with Gasteiger partial charge in [0.25, 0.3) is 0 Å². The molecule has 2 aromatic carbocycles. The number of benzene rings is 2. The number of oxazole rings is 1. The van der Waals surface area contributed by atoms with Gasteiger partial charge in [-0.3, -0.25) is 0 Å². The number of fused-ring (bicyclic) bond motifs is 1. The van der Waals surface area contributed by atoms with E-state index in [0.29, 0.717) is 30.4 Å². The largest absolute Gasteiger partial charge is 0.486 e. The van der Waals surface area contributed by atoms with E-state index < -0.39 is 9.84 Å². The first-order valence-corrected chi connectivity index (χ1v) is 11.9. The first kappa shape index (κ1) is 19.7. The average molecular weight is 455 g/mol. The fourth-order valence-corrected chi connectivity index (χ4v) is 5.06. The number of ether oxygens (including phenoxy) is 2. The summed E-state index contributed by atoms with van der Waals surface area (Å²) >= 11 is 1.42. The molecule has 1 aliphatic rings. The molecule has 2 aromatic heterocycles. The molecule has 0 saturated heterocycles. The summed E-state index contributed by atoms with van der Waals surface area (Å²) in [5.41, 5.74) is 1.78. The number of hydrogen-bond acceptors (Lipinski definition) is 8. The molecular formula is C22H18N2O5S2. The molecule has 7 nitrogen and oxygen atoms in total. The van der Waals surface area contributed by atoms with Crippen molar-refractivity contribution < 1.29 is 22.3 Å². The van der Waals surface area contributed by atoms with Gasteiger partial charge in [-0.1, -0.05) is 23.8 Å². The van der Waals surface area contributed by atoms with Crippen LogP contribution in [0.5, 0.6) is 11.5 Å². The zero-order valence-corrected chi connectivity index (χ0v) is 18.1. The van der Waals surface area contributed by atoms with Crippen molar-refractivity contribution in [3.05, 3.63) is 65.5 Å². The molecule has 158 valence electrons. The van der Waals surface area contributed by atoms with Crippen LogP contribution < -0.4 is 14.8 Å². The third-order valence-corrected chi connectivity index (χ3v) is 7.23. The second-order valence-electron chi connectivity index (χ2n) is 6.93. The molecule has 31 heavy (non-hydrogen) atoms. The third-order valence-electron chi connectivity index (χ3n) is 4.72. The number of aromatic nitrogens is 1. The Kier molecular flexibility index (Phi) is 4.91. The van der Waals surface area contributed by atoms with E-state index in [1.807, 2.05) is 48.7 Å². The van der Waals surface area contributed by atoms with Crippen LogP contribution in [0, 0.1) is 6.92 Å². The van der Waals surface area contributed by atoms with Gasteiger partial charge in [-0.05, 0) is 42.6 Å². The van der Waals surface area contributed by atoms with Crippen LogP contribution >= 0.6 is 11.3 Å². The van der Waals surface area contributed by atoms with Gasteiger partial charge in [-0.25, -0.2) is 8.42 Å². The van der Waals surface area contributed by atoms with Crippen molar-refractivity contribution in [2.45, 2.75) is 16.8 Å². The summed E-state index contributed by atoms with van der Waals surface area (Å²) in [5, 5.41) is 4.75. The zero-order valence-electron chi connectivity index (χ0n) is 16.5. The van der Waals surface area contributed by atoms with Gasteiger partial charge in [0.15, 0.2) is 11.5 Å². The Labute approximate surface area is 183 Å². The van der Waals surface area contributed by atoms with Crippen molar-refractivity contribution >= 4 is 32.7 Å². The first-order valence-electron chi connectivity index (χ1n) is 9.54. The quantitative estimate of drug-likeness (QED) is 0.451. The number of hydrogen-bond donors (Lipinski definition) is 1. The molecular weight excluding hydrogens is 436 g/mol. The predicted octanol–water partition coefficient (Wildman–Crippen LogP) is 5.06. The van der Waals surface area contributed by atoms with Crippen molar-refractivity contribution in [1.82, 2.24) is 4.98 Å². The second kappa shape index (κ2) is 7.75. The van der Waals surface area contributed by atoms with Crippen LogP contribution in [-0.2, 0) is 9.84 Å². The normalized spacial score (nSPS) is 13.2. The van der Waals surface area contributed by atoms with Gasteiger partial charge in [-0.2, -0.15) is 4.98 Å². The number of nitrogens with one attached hydrogen (secondary N) is 1. The Hall–Kier alpha value is -3.30. The molecule has 4 aromatic rings. The van der Waals surface area contributed by atoms with Gasteiger partial charge >= 0.3 is 0 Å². The number of rotatable bonds is 5. The van der Waals surface area contributed by atoms with Crippen LogP contribution in [0.1, 0.15) is 5.56 Å². The summed E-state index contributed by atoms with van der Waals surface area (Å²) in [6.07, 6.45) is 0. The summed E-state index contributed by atoms with van der Waals surface area (Å²) in [6.45, 7) is 2.77. The molecule has 0 amide bonds. The van der Waals surface area contributed by atoms with E-state index >= 15 is 0 Å². The Morgan fingerprint density at radius 2 is 1.77 bits per heavy atom. The number of anilines is 2. The molecule has 3 heterocycles. The van der Waals surface area contributed by atoms with E-state index in [4.69, 9.17) is 13.9 Å². The van der Waals surface area contributed by atoms with Crippen LogP contribution in [0.2, 0.25) is 0 Å². The predicted molar refractivity (Wildman–Crippen MR) is 117 cm³/mol. The van der Waals surface area contributed by atoms with Gasteiger partial charge in [-0.15, -0.1) is 11.3 Å². The van der Waals surface area contributed by atoms with E-state index in [0.717, 1.165) is 10.4 Å². The van der Waals surface area contributed by atoms with Gasteiger partial charge in [0.1, 0.15) is 13.2 Å². The maximum absolute atomic E-state index is 13.5. The maximum atomic E-state index is 13.5. The third kappa shape index (κ3) is 3.77. The fourth-order valence-electron chi connectivity index (χ4n) is 3.14. The minimum atomic E-state index is -4.00.